The standard InChI is InChI=1S/C9H14N4O5/c10-7(14)4-18-11-8(15)6-2-1-5-3-12(6)9(16)13(5)17/h5-6,17H,1-4H2,(H2,10,14)(H,11,15)/t5-,6+/m1/s1. The van der Waals surface area contributed by atoms with Crippen LogP contribution in [0.2, 0.25) is 0 Å². The highest BCUT2D eigenvalue weighted by Crippen LogP contribution is 2.28. The highest BCUT2D eigenvalue weighted by atomic mass is 16.7. The maximum atomic E-state index is 11.7. The smallest absolute Gasteiger partial charge is 0.344 e. The molecule has 0 aromatic rings. The predicted molar refractivity (Wildman–Crippen MR) is 55.8 cm³/mol. The summed E-state index contributed by atoms with van der Waals surface area (Å²) in [5, 5.41) is 10.1. The van der Waals surface area contributed by atoms with Gasteiger partial charge in [0, 0.05) is 6.54 Å². The molecule has 100 valence electrons. The first-order valence-electron chi connectivity index (χ1n) is 5.49. The Balaban J connectivity index is 1.91. The van der Waals surface area contributed by atoms with Gasteiger partial charge in [-0.3, -0.25) is 19.6 Å². The third-order valence-corrected chi connectivity index (χ3v) is 3.03. The first-order valence-corrected chi connectivity index (χ1v) is 5.49. The van der Waals surface area contributed by atoms with E-state index in [4.69, 9.17) is 5.73 Å². The molecule has 0 unspecified atom stereocenters. The predicted octanol–water partition coefficient (Wildman–Crippen LogP) is -1.82. The van der Waals surface area contributed by atoms with Gasteiger partial charge >= 0.3 is 6.03 Å². The summed E-state index contributed by atoms with van der Waals surface area (Å²) in [4.78, 5) is 39.6. The number of amides is 4. The maximum Gasteiger partial charge on any atom is 0.344 e. The number of urea groups is 1. The molecule has 2 rings (SSSR count). The minimum absolute atomic E-state index is 0.256. The molecule has 0 radical (unpaired) electrons. The number of nitrogens with zero attached hydrogens (tertiary/aromatic N) is 2. The molecule has 4 N–H and O–H groups in total. The SMILES string of the molecule is NC(=O)CONC(=O)[C@@H]1CC[C@@H]2CN1C(=O)N2O. The molecule has 2 bridgehead atoms. The van der Waals surface area contributed by atoms with Crippen LogP contribution in [-0.2, 0) is 14.4 Å². The normalized spacial score (nSPS) is 26.4. The van der Waals surface area contributed by atoms with E-state index in [1.165, 1.54) is 4.90 Å². The number of hydroxylamine groups is 3. The molecule has 9 heteroatoms. The van der Waals surface area contributed by atoms with Gasteiger partial charge in [-0.2, -0.15) is 0 Å². The first-order chi connectivity index (χ1) is 8.50. The third kappa shape index (κ3) is 2.22. The zero-order chi connectivity index (χ0) is 13.3. The average Bonchev–Trinajstić information content (AvgIpc) is 2.54. The van der Waals surface area contributed by atoms with Crippen molar-refractivity contribution in [3.8, 4) is 0 Å². The van der Waals surface area contributed by atoms with Crippen molar-refractivity contribution in [1.82, 2.24) is 15.4 Å². The second-order valence-corrected chi connectivity index (χ2v) is 4.25. The van der Waals surface area contributed by atoms with Gasteiger partial charge in [0.15, 0.2) is 6.61 Å². The van der Waals surface area contributed by atoms with Gasteiger partial charge in [-0.15, -0.1) is 0 Å². The fraction of sp³-hybridized carbons (Fsp3) is 0.667. The monoisotopic (exact) mass is 258 g/mol. The molecular weight excluding hydrogens is 244 g/mol. The van der Waals surface area contributed by atoms with Gasteiger partial charge in [-0.25, -0.2) is 15.3 Å². The average molecular weight is 258 g/mol. The van der Waals surface area contributed by atoms with E-state index in [1.54, 1.807) is 0 Å². The van der Waals surface area contributed by atoms with Crippen LogP contribution < -0.4 is 11.2 Å². The molecule has 2 aliphatic rings. The number of hydrogen-bond acceptors (Lipinski definition) is 5. The highest BCUT2D eigenvalue weighted by molar-refractivity contribution is 5.88. The number of nitrogens with one attached hydrogen (secondary N) is 1. The van der Waals surface area contributed by atoms with Crippen molar-refractivity contribution in [1.29, 1.82) is 0 Å². The highest BCUT2D eigenvalue weighted by Gasteiger charge is 2.46. The molecule has 2 fully saturated rings. The van der Waals surface area contributed by atoms with Crippen LogP contribution in [0.15, 0.2) is 0 Å². The van der Waals surface area contributed by atoms with Crippen LogP contribution in [0.25, 0.3) is 0 Å². The van der Waals surface area contributed by atoms with Crippen LogP contribution in [0.1, 0.15) is 12.8 Å². The van der Waals surface area contributed by atoms with E-state index < -0.39 is 30.5 Å². The Morgan fingerprint density at radius 1 is 1.50 bits per heavy atom. The van der Waals surface area contributed by atoms with E-state index in [0.717, 1.165) is 0 Å². The minimum Gasteiger partial charge on any atom is -0.368 e. The lowest BCUT2D eigenvalue weighted by atomic mass is 10.0. The van der Waals surface area contributed by atoms with Crippen LogP contribution in [0.4, 0.5) is 4.79 Å². The summed E-state index contributed by atoms with van der Waals surface area (Å²) in [6.45, 7) is -0.121. The number of primary amides is 1. The van der Waals surface area contributed by atoms with Crippen molar-refractivity contribution >= 4 is 17.8 Å². The van der Waals surface area contributed by atoms with Crippen molar-refractivity contribution in [2.24, 2.45) is 5.73 Å². The molecule has 2 aliphatic heterocycles. The van der Waals surface area contributed by atoms with Gasteiger partial charge in [-0.1, -0.05) is 0 Å². The molecule has 2 atom stereocenters. The molecule has 0 spiro atoms. The summed E-state index contributed by atoms with van der Waals surface area (Å²) in [6.07, 6.45) is 0.964. The lowest BCUT2D eigenvalue weighted by Crippen LogP contribution is -2.50. The van der Waals surface area contributed by atoms with Crippen molar-refractivity contribution in [3.63, 3.8) is 0 Å². The summed E-state index contributed by atoms with van der Waals surface area (Å²) in [5.41, 5.74) is 6.91. The first kappa shape index (κ1) is 12.6. The second kappa shape index (κ2) is 4.78. The fourth-order valence-electron chi connectivity index (χ4n) is 2.17. The Hall–Kier alpha value is -1.87. The zero-order valence-electron chi connectivity index (χ0n) is 9.54. The number of carbonyl (C=O) groups excluding carboxylic acids is 3. The van der Waals surface area contributed by atoms with Crippen LogP contribution in [0, 0.1) is 0 Å². The Morgan fingerprint density at radius 3 is 2.89 bits per heavy atom. The van der Waals surface area contributed by atoms with Crippen LogP contribution >= 0.6 is 0 Å². The summed E-state index contributed by atoms with van der Waals surface area (Å²) < 4.78 is 0. The number of nitrogens with two attached hydrogens (primary N) is 1. The maximum absolute atomic E-state index is 11.7. The Labute approximate surface area is 102 Å². The van der Waals surface area contributed by atoms with Crippen molar-refractivity contribution in [2.75, 3.05) is 13.2 Å². The van der Waals surface area contributed by atoms with Crippen molar-refractivity contribution in [3.05, 3.63) is 0 Å². The van der Waals surface area contributed by atoms with Gasteiger partial charge in [0.1, 0.15) is 6.04 Å². The lowest BCUT2D eigenvalue weighted by molar-refractivity contribution is -0.142. The van der Waals surface area contributed by atoms with Gasteiger partial charge in [0.05, 0.1) is 6.04 Å². The van der Waals surface area contributed by atoms with E-state index >= 15 is 0 Å². The van der Waals surface area contributed by atoms with E-state index in [1.807, 2.05) is 0 Å². The van der Waals surface area contributed by atoms with Crippen LogP contribution in [0.5, 0.6) is 0 Å². The topological polar surface area (TPSA) is 125 Å². The molecule has 9 nitrogen and oxygen atoms in total. The number of hydrogen-bond donors (Lipinski definition) is 3. The molecule has 4 amide bonds. The Morgan fingerprint density at radius 2 is 2.22 bits per heavy atom. The molecule has 0 aromatic carbocycles. The molecule has 0 saturated carbocycles. The van der Waals surface area contributed by atoms with Crippen LogP contribution in [0.3, 0.4) is 0 Å². The molecule has 18 heavy (non-hydrogen) atoms. The lowest BCUT2D eigenvalue weighted by Gasteiger charge is -2.28. The molecule has 0 aromatic heterocycles. The van der Waals surface area contributed by atoms with E-state index in [9.17, 15) is 19.6 Å². The summed E-state index contributed by atoms with van der Waals surface area (Å²) in [6, 6.07) is -1.54. The van der Waals surface area contributed by atoms with Crippen molar-refractivity contribution in [2.45, 2.75) is 24.9 Å². The molecule has 2 heterocycles. The van der Waals surface area contributed by atoms with E-state index in [0.29, 0.717) is 24.4 Å². The van der Waals surface area contributed by atoms with Gasteiger partial charge in [0.2, 0.25) is 5.91 Å². The van der Waals surface area contributed by atoms with Crippen LogP contribution in [-0.4, -0.2) is 58.3 Å². The van der Waals surface area contributed by atoms with E-state index in [-0.39, 0.29) is 6.04 Å². The molecule has 2 saturated heterocycles. The minimum atomic E-state index is -0.710. The number of fused-ring (bicyclic) bond motifs is 2. The third-order valence-electron chi connectivity index (χ3n) is 3.03. The fourth-order valence-corrected chi connectivity index (χ4v) is 2.17. The summed E-state index contributed by atoms with van der Waals surface area (Å²) in [7, 11) is 0. The Kier molecular flexibility index (Phi) is 3.34. The molecule has 0 aliphatic carbocycles. The number of rotatable bonds is 4. The van der Waals surface area contributed by atoms with Crippen molar-refractivity contribution < 1.29 is 24.4 Å². The van der Waals surface area contributed by atoms with Gasteiger partial charge in [0.25, 0.3) is 5.91 Å². The number of piperidine rings is 1. The summed E-state index contributed by atoms with van der Waals surface area (Å²) >= 11 is 0. The number of carbonyl (C=O) groups is 3. The second-order valence-electron chi connectivity index (χ2n) is 4.25. The van der Waals surface area contributed by atoms with Gasteiger partial charge in [-0.05, 0) is 12.8 Å². The van der Waals surface area contributed by atoms with E-state index in [2.05, 4.69) is 10.3 Å². The quantitative estimate of drug-likeness (QED) is 0.404. The Bertz CT molecular complexity index is 387. The zero-order valence-corrected chi connectivity index (χ0v) is 9.54. The van der Waals surface area contributed by atoms with Gasteiger partial charge < -0.3 is 10.6 Å². The largest absolute Gasteiger partial charge is 0.368 e. The summed E-state index contributed by atoms with van der Waals surface area (Å²) in [5.74, 6) is -1.24. The molecular formula is C9H14N4O5.